The SMILES string of the molecule is CCCCCCCCCCCCN(CCN1CCN(CCN(CCCCCCCCCCCC)CC2(CCCCCCCCCC)CC2)CC1)CCN(CCCCCCCCCCCC)CC1(CCCCCCCCCC)CC1. The zero-order valence-electron chi connectivity index (χ0n) is 55.6. The highest BCUT2D eigenvalue weighted by atomic mass is 15.3. The first-order chi connectivity index (χ1) is 39.0. The van der Waals surface area contributed by atoms with Crippen LogP contribution in [-0.2, 0) is 0 Å². The quantitative estimate of drug-likeness (QED) is 0.0563. The molecule has 0 amide bonds. The fourth-order valence-electron chi connectivity index (χ4n) is 14.0. The van der Waals surface area contributed by atoms with E-state index < -0.39 is 0 Å². The second-order valence-electron chi connectivity index (χ2n) is 28.1. The molecule has 0 N–H and O–H groups in total. The van der Waals surface area contributed by atoms with E-state index in [1.807, 2.05) is 0 Å². The molecule has 0 bridgehead atoms. The molecule has 0 aromatic rings. The number of unbranched alkanes of at least 4 members (excludes halogenated alkanes) is 41. The monoisotopic (exact) mass is 1110 g/mol. The van der Waals surface area contributed by atoms with Crippen LogP contribution < -0.4 is 0 Å². The minimum absolute atomic E-state index is 0.651. The molecule has 0 radical (unpaired) electrons. The Kier molecular flexibility index (Phi) is 48.2. The van der Waals surface area contributed by atoms with Crippen LogP contribution >= 0.6 is 0 Å². The number of hydrogen-bond acceptors (Lipinski definition) is 5. The molecule has 0 atom stereocenters. The minimum Gasteiger partial charge on any atom is -0.302 e. The van der Waals surface area contributed by atoms with Crippen molar-refractivity contribution in [2.24, 2.45) is 10.8 Å². The molecule has 2 saturated carbocycles. The Labute approximate surface area is 499 Å². The van der Waals surface area contributed by atoms with Crippen molar-refractivity contribution in [3.05, 3.63) is 0 Å². The van der Waals surface area contributed by atoms with Gasteiger partial charge in [-0.25, -0.2) is 0 Å². The van der Waals surface area contributed by atoms with Crippen molar-refractivity contribution in [2.75, 3.05) is 98.2 Å². The minimum atomic E-state index is 0.651. The standard InChI is InChI=1S/C74H149N5/c1-6-11-16-21-26-31-34-39-44-49-58-75(67-69-78(59-50-45-40-35-32-27-22-17-12-7-2)71-73(54-55-73)52-47-42-37-29-24-19-14-9-4)61-62-76-63-65-77(66-64-76)68-70-79(60-51-46-41-36-33-28-23-18-13-8-3)72-74(56-57-74)53-48-43-38-30-25-20-15-10-5/h6-72H2,1-5H3. The summed E-state index contributed by atoms with van der Waals surface area (Å²) in [6, 6.07) is 0. The molecular weight excluding hydrogens is 959 g/mol. The van der Waals surface area contributed by atoms with Crippen LogP contribution in [0.3, 0.4) is 0 Å². The molecule has 1 aliphatic heterocycles. The van der Waals surface area contributed by atoms with Gasteiger partial charge < -0.3 is 14.7 Å². The molecule has 79 heavy (non-hydrogen) atoms. The van der Waals surface area contributed by atoms with Gasteiger partial charge >= 0.3 is 0 Å². The lowest BCUT2D eigenvalue weighted by Crippen LogP contribution is -2.50. The summed E-state index contributed by atoms with van der Waals surface area (Å²) in [4.78, 5) is 14.7. The third-order valence-electron chi connectivity index (χ3n) is 20.3. The van der Waals surface area contributed by atoms with Gasteiger partial charge in [0, 0.05) is 78.5 Å². The molecule has 470 valence electrons. The molecule has 0 unspecified atom stereocenters. The normalized spacial score (nSPS) is 16.4. The first kappa shape index (κ1) is 73.1. The van der Waals surface area contributed by atoms with E-state index >= 15 is 0 Å². The zero-order chi connectivity index (χ0) is 56.3. The molecule has 3 fully saturated rings. The molecule has 0 aromatic carbocycles. The van der Waals surface area contributed by atoms with Gasteiger partial charge in [0.2, 0.25) is 0 Å². The molecule has 0 spiro atoms. The highest BCUT2D eigenvalue weighted by Crippen LogP contribution is 2.51. The largest absolute Gasteiger partial charge is 0.302 e. The topological polar surface area (TPSA) is 16.2 Å². The Morgan fingerprint density at radius 1 is 0.228 bits per heavy atom. The lowest BCUT2D eigenvalue weighted by atomic mass is 9.96. The average Bonchev–Trinajstić information content (AvgIpc) is 4.49. The van der Waals surface area contributed by atoms with Gasteiger partial charge in [0.25, 0.3) is 0 Å². The summed E-state index contributed by atoms with van der Waals surface area (Å²) in [6.07, 6.45) is 75.6. The Bertz CT molecular complexity index is 1240. The van der Waals surface area contributed by atoms with Gasteiger partial charge in [-0.3, -0.25) is 9.80 Å². The van der Waals surface area contributed by atoms with Crippen molar-refractivity contribution in [3.63, 3.8) is 0 Å². The van der Waals surface area contributed by atoms with E-state index in [9.17, 15) is 0 Å². The lowest BCUT2D eigenvalue weighted by molar-refractivity contribution is 0.0990. The Balaban J connectivity index is 1.52. The second-order valence-corrected chi connectivity index (χ2v) is 28.1. The van der Waals surface area contributed by atoms with Crippen LogP contribution in [0.2, 0.25) is 0 Å². The van der Waals surface area contributed by atoms with Gasteiger partial charge in [-0.15, -0.1) is 0 Å². The van der Waals surface area contributed by atoms with E-state index in [4.69, 9.17) is 0 Å². The maximum absolute atomic E-state index is 3.02. The predicted molar refractivity (Wildman–Crippen MR) is 356 cm³/mol. The molecule has 3 rings (SSSR count). The summed E-state index contributed by atoms with van der Waals surface area (Å²) in [7, 11) is 0. The lowest BCUT2D eigenvalue weighted by Gasteiger charge is -2.37. The van der Waals surface area contributed by atoms with Gasteiger partial charge in [0.15, 0.2) is 0 Å². The first-order valence-corrected chi connectivity index (χ1v) is 37.6. The van der Waals surface area contributed by atoms with Crippen LogP contribution in [0.1, 0.15) is 369 Å². The Morgan fingerprint density at radius 3 is 0.722 bits per heavy atom. The van der Waals surface area contributed by atoms with E-state index in [1.165, 1.54) is 432 Å². The zero-order valence-corrected chi connectivity index (χ0v) is 55.6. The molecule has 0 aromatic heterocycles. The van der Waals surface area contributed by atoms with Gasteiger partial charge in [-0.2, -0.15) is 0 Å². The average molecular weight is 1110 g/mol. The summed E-state index contributed by atoms with van der Waals surface area (Å²) in [5, 5.41) is 0. The van der Waals surface area contributed by atoms with Crippen LogP contribution in [0.15, 0.2) is 0 Å². The van der Waals surface area contributed by atoms with E-state index in [0.29, 0.717) is 10.8 Å². The smallest absolute Gasteiger partial charge is 0.0110 e. The summed E-state index contributed by atoms with van der Waals surface area (Å²) >= 11 is 0. The van der Waals surface area contributed by atoms with Crippen LogP contribution in [0.4, 0.5) is 0 Å². The van der Waals surface area contributed by atoms with Crippen molar-refractivity contribution in [2.45, 2.75) is 369 Å². The van der Waals surface area contributed by atoms with Crippen molar-refractivity contribution in [1.29, 1.82) is 0 Å². The van der Waals surface area contributed by atoms with E-state index in [2.05, 4.69) is 59.1 Å². The maximum atomic E-state index is 3.02. The Hall–Kier alpha value is -0.200. The third-order valence-corrected chi connectivity index (χ3v) is 20.3. The highest BCUT2D eigenvalue weighted by Gasteiger charge is 2.44. The molecule has 2 aliphatic carbocycles. The summed E-state index contributed by atoms with van der Waals surface area (Å²) in [5.41, 5.74) is 1.31. The van der Waals surface area contributed by atoms with Gasteiger partial charge in [0.1, 0.15) is 0 Å². The number of rotatable bonds is 64. The van der Waals surface area contributed by atoms with E-state index in [0.717, 1.165) is 0 Å². The number of piperazine rings is 1. The van der Waals surface area contributed by atoms with Crippen LogP contribution in [0, 0.1) is 10.8 Å². The summed E-state index contributed by atoms with van der Waals surface area (Å²) in [5.74, 6) is 0. The Morgan fingerprint density at radius 2 is 0.443 bits per heavy atom. The summed E-state index contributed by atoms with van der Waals surface area (Å²) in [6.45, 7) is 31.4. The van der Waals surface area contributed by atoms with Crippen molar-refractivity contribution in [3.8, 4) is 0 Å². The number of hydrogen-bond donors (Lipinski definition) is 0. The highest BCUT2D eigenvalue weighted by molar-refractivity contribution is 4.96. The molecule has 1 saturated heterocycles. The van der Waals surface area contributed by atoms with Gasteiger partial charge in [0.05, 0.1) is 0 Å². The molecule has 1 heterocycles. The van der Waals surface area contributed by atoms with E-state index in [-0.39, 0.29) is 0 Å². The second kappa shape index (κ2) is 52.2. The van der Waals surface area contributed by atoms with Crippen molar-refractivity contribution in [1.82, 2.24) is 24.5 Å². The van der Waals surface area contributed by atoms with Crippen molar-refractivity contribution < 1.29 is 0 Å². The number of nitrogens with zero attached hydrogens (tertiary/aromatic N) is 5. The first-order valence-electron chi connectivity index (χ1n) is 37.6. The molecule has 3 aliphatic rings. The molecule has 5 heteroatoms. The molecular formula is C74H149N5. The fourth-order valence-corrected chi connectivity index (χ4v) is 14.0. The van der Waals surface area contributed by atoms with Gasteiger partial charge in [-0.05, 0) is 88.3 Å². The van der Waals surface area contributed by atoms with Crippen molar-refractivity contribution >= 4 is 0 Å². The molecule has 5 nitrogen and oxygen atoms in total. The maximum Gasteiger partial charge on any atom is 0.0110 e. The van der Waals surface area contributed by atoms with Crippen LogP contribution in [0.25, 0.3) is 0 Å². The third kappa shape index (κ3) is 42.3. The van der Waals surface area contributed by atoms with Crippen LogP contribution in [-0.4, -0.2) is 123 Å². The van der Waals surface area contributed by atoms with Crippen LogP contribution in [0.5, 0.6) is 0 Å². The van der Waals surface area contributed by atoms with Gasteiger partial charge in [-0.1, -0.05) is 311 Å². The van der Waals surface area contributed by atoms with E-state index in [1.54, 1.807) is 0 Å². The predicted octanol–water partition coefficient (Wildman–Crippen LogP) is 21.9. The summed E-state index contributed by atoms with van der Waals surface area (Å²) < 4.78 is 0. The fraction of sp³-hybridized carbons (Fsp3) is 1.00.